The van der Waals surface area contributed by atoms with E-state index in [2.05, 4.69) is 15.0 Å². The summed E-state index contributed by atoms with van der Waals surface area (Å²) in [7, 11) is 1.30. The van der Waals surface area contributed by atoms with Gasteiger partial charge in [-0.25, -0.2) is 9.48 Å². The predicted molar refractivity (Wildman–Crippen MR) is 55.9 cm³/mol. The number of hydrogen-bond acceptors (Lipinski definition) is 4. The van der Waals surface area contributed by atoms with Gasteiger partial charge in [0.05, 0.1) is 19.5 Å². The van der Waals surface area contributed by atoms with Gasteiger partial charge in [0.1, 0.15) is 0 Å². The summed E-state index contributed by atoms with van der Waals surface area (Å²) >= 11 is 0. The third kappa shape index (κ3) is 2.77. The Kier molecular flexibility index (Phi) is 4.88. The SMILES string of the molecule is CCCc1c(C(=O)OC)nnn1CCCF. The van der Waals surface area contributed by atoms with Crippen molar-refractivity contribution in [3.63, 3.8) is 0 Å². The number of alkyl halides is 1. The summed E-state index contributed by atoms with van der Waals surface area (Å²) in [6, 6.07) is 0. The molecule has 0 unspecified atom stereocenters. The van der Waals surface area contributed by atoms with Crippen molar-refractivity contribution in [2.75, 3.05) is 13.8 Å². The smallest absolute Gasteiger partial charge is 0.360 e. The number of nitrogens with zero attached hydrogens (tertiary/aromatic N) is 3. The van der Waals surface area contributed by atoms with Gasteiger partial charge in [-0.3, -0.25) is 4.39 Å². The highest BCUT2D eigenvalue weighted by molar-refractivity contribution is 5.88. The van der Waals surface area contributed by atoms with Crippen molar-refractivity contribution in [1.29, 1.82) is 0 Å². The number of carbonyl (C=O) groups is 1. The molecule has 0 fully saturated rings. The van der Waals surface area contributed by atoms with Crippen LogP contribution in [-0.2, 0) is 17.7 Å². The zero-order valence-electron chi connectivity index (χ0n) is 9.57. The summed E-state index contributed by atoms with van der Waals surface area (Å²) in [5, 5.41) is 7.61. The van der Waals surface area contributed by atoms with Crippen molar-refractivity contribution in [2.45, 2.75) is 32.7 Å². The second-order valence-electron chi connectivity index (χ2n) is 3.39. The molecule has 0 saturated carbocycles. The average molecular weight is 229 g/mol. The van der Waals surface area contributed by atoms with E-state index in [1.54, 1.807) is 4.68 Å². The minimum Gasteiger partial charge on any atom is -0.464 e. The molecule has 1 heterocycles. The molecule has 1 aromatic heterocycles. The van der Waals surface area contributed by atoms with Crippen molar-refractivity contribution in [2.24, 2.45) is 0 Å². The van der Waals surface area contributed by atoms with Gasteiger partial charge in [0.25, 0.3) is 0 Å². The summed E-state index contributed by atoms with van der Waals surface area (Å²) in [5.74, 6) is -0.491. The van der Waals surface area contributed by atoms with Crippen LogP contribution in [0.1, 0.15) is 35.9 Å². The number of ether oxygens (including phenoxy) is 1. The fraction of sp³-hybridized carbons (Fsp3) is 0.700. The molecule has 0 atom stereocenters. The van der Waals surface area contributed by atoms with Crippen LogP contribution in [0, 0.1) is 0 Å². The number of hydrogen-bond donors (Lipinski definition) is 0. The van der Waals surface area contributed by atoms with Crippen molar-refractivity contribution >= 4 is 5.97 Å². The van der Waals surface area contributed by atoms with Gasteiger partial charge in [0.15, 0.2) is 5.69 Å². The second kappa shape index (κ2) is 6.19. The standard InChI is InChI=1S/C10H16FN3O2/c1-3-5-8-9(10(15)16-2)12-13-14(8)7-4-6-11/h3-7H2,1-2H3. The molecule has 5 nitrogen and oxygen atoms in total. The Hall–Kier alpha value is -1.46. The molecule has 16 heavy (non-hydrogen) atoms. The summed E-state index contributed by atoms with van der Waals surface area (Å²) in [5.41, 5.74) is 0.964. The number of halogens is 1. The third-order valence-electron chi connectivity index (χ3n) is 2.21. The van der Waals surface area contributed by atoms with Gasteiger partial charge < -0.3 is 4.74 Å². The molecule has 90 valence electrons. The Balaban J connectivity index is 2.92. The van der Waals surface area contributed by atoms with Crippen molar-refractivity contribution in [3.8, 4) is 0 Å². The molecule has 0 saturated heterocycles. The van der Waals surface area contributed by atoms with Crippen LogP contribution in [0.4, 0.5) is 4.39 Å². The molecular weight excluding hydrogens is 213 g/mol. The first-order valence-corrected chi connectivity index (χ1v) is 5.31. The molecule has 1 aromatic rings. The summed E-state index contributed by atoms with van der Waals surface area (Å²) in [4.78, 5) is 11.4. The second-order valence-corrected chi connectivity index (χ2v) is 3.39. The fourth-order valence-electron chi connectivity index (χ4n) is 1.46. The van der Waals surface area contributed by atoms with Crippen LogP contribution in [0.2, 0.25) is 0 Å². The van der Waals surface area contributed by atoms with E-state index in [4.69, 9.17) is 0 Å². The van der Waals surface area contributed by atoms with Crippen molar-refractivity contribution in [1.82, 2.24) is 15.0 Å². The first-order valence-electron chi connectivity index (χ1n) is 5.31. The Labute approximate surface area is 93.6 Å². The summed E-state index contributed by atoms with van der Waals surface area (Å²) in [6.45, 7) is 2.03. The number of aromatic nitrogens is 3. The number of esters is 1. The molecule has 0 radical (unpaired) electrons. The highest BCUT2D eigenvalue weighted by Crippen LogP contribution is 2.10. The Bertz CT molecular complexity index is 352. The number of rotatable bonds is 6. The average Bonchev–Trinajstić information content (AvgIpc) is 2.69. The van der Waals surface area contributed by atoms with Gasteiger partial charge in [-0.2, -0.15) is 0 Å². The van der Waals surface area contributed by atoms with Gasteiger partial charge in [-0.05, 0) is 12.8 Å². The van der Waals surface area contributed by atoms with E-state index in [0.717, 1.165) is 12.1 Å². The first kappa shape index (κ1) is 12.6. The van der Waals surface area contributed by atoms with Gasteiger partial charge in [-0.15, -0.1) is 5.10 Å². The van der Waals surface area contributed by atoms with Crippen LogP contribution in [0.15, 0.2) is 0 Å². The van der Waals surface area contributed by atoms with Gasteiger partial charge in [0.2, 0.25) is 0 Å². The largest absolute Gasteiger partial charge is 0.464 e. The van der Waals surface area contributed by atoms with Gasteiger partial charge in [-0.1, -0.05) is 18.6 Å². The van der Waals surface area contributed by atoms with E-state index in [0.29, 0.717) is 19.4 Å². The Morgan fingerprint density at radius 2 is 2.31 bits per heavy atom. The molecule has 6 heteroatoms. The van der Waals surface area contributed by atoms with Crippen LogP contribution in [0.3, 0.4) is 0 Å². The lowest BCUT2D eigenvalue weighted by Crippen LogP contribution is -2.10. The van der Waals surface area contributed by atoms with Gasteiger partial charge in [0, 0.05) is 6.54 Å². The first-order chi connectivity index (χ1) is 7.74. The van der Waals surface area contributed by atoms with Gasteiger partial charge >= 0.3 is 5.97 Å². The predicted octanol–water partition coefficient (Wildman–Crippen LogP) is 1.38. The number of methoxy groups -OCH3 is 1. The molecule has 0 spiro atoms. The zero-order valence-corrected chi connectivity index (χ0v) is 9.57. The van der Waals surface area contributed by atoms with Crippen LogP contribution < -0.4 is 0 Å². The molecule has 1 rings (SSSR count). The minimum atomic E-state index is -0.491. The molecule has 0 aromatic carbocycles. The zero-order chi connectivity index (χ0) is 12.0. The number of carbonyl (C=O) groups excluding carboxylic acids is 1. The van der Waals surface area contributed by atoms with E-state index in [-0.39, 0.29) is 5.69 Å². The molecule has 0 bridgehead atoms. The van der Waals surface area contributed by atoms with E-state index in [1.807, 2.05) is 6.92 Å². The van der Waals surface area contributed by atoms with Crippen LogP contribution in [-0.4, -0.2) is 34.7 Å². The highest BCUT2D eigenvalue weighted by atomic mass is 19.1. The quantitative estimate of drug-likeness (QED) is 0.691. The molecule has 0 aliphatic carbocycles. The van der Waals surface area contributed by atoms with Crippen molar-refractivity contribution < 1.29 is 13.9 Å². The molecular formula is C10H16FN3O2. The van der Waals surface area contributed by atoms with Crippen LogP contribution in [0.25, 0.3) is 0 Å². The number of aryl methyl sites for hydroxylation is 1. The minimum absolute atomic E-state index is 0.239. The maximum absolute atomic E-state index is 12.1. The fourth-order valence-corrected chi connectivity index (χ4v) is 1.46. The molecule has 0 amide bonds. The van der Waals surface area contributed by atoms with Crippen molar-refractivity contribution in [3.05, 3.63) is 11.4 Å². The Morgan fingerprint density at radius 1 is 1.56 bits per heavy atom. The van der Waals surface area contributed by atoms with E-state index in [9.17, 15) is 9.18 Å². The molecule has 0 aliphatic heterocycles. The molecule has 0 N–H and O–H groups in total. The normalized spacial score (nSPS) is 10.4. The van der Waals surface area contributed by atoms with E-state index in [1.165, 1.54) is 7.11 Å². The lowest BCUT2D eigenvalue weighted by Gasteiger charge is -2.04. The van der Waals surface area contributed by atoms with Crippen LogP contribution in [0.5, 0.6) is 0 Å². The lowest BCUT2D eigenvalue weighted by molar-refractivity contribution is 0.0592. The Morgan fingerprint density at radius 3 is 2.88 bits per heavy atom. The van der Waals surface area contributed by atoms with E-state index < -0.39 is 12.6 Å². The van der Waals surface area contributed by atoms with E-state index >= 15 is 0 Å². The van der Waals surface area contributed by atoms with Crippen LogP contribution >= 0.6 is 0 Å². The monoisotopic (exact) mass is 229 g/mol. The summed E-state index contributed by atoms with van der Waals surface area (Å²) in [6.07, 6.45) is 1.93. The lowest BCUT2D eigenvalue weighted by atomic mass is 10.2. The summed E-state index contributed by atoms with van der Waals surface area (Å²) < 4.78 is 18.3. The maximum Gasteiger partial charge on any atom is 0.360 e. The third-order valence-corrected chi connectivity index (χ3v) is 2.21. The topological polar surface area (TPSA) is 57.0 Å². The maximum atomic E-state index is 12.1. The highest BCUT2D eigenvalue weighted by Gasteiger charge is 2.19. The molecule has 0 aliphatic rings.